The molecular weight excluding hydrogens is 266 g/mol. The number of carbonyl (C=O) groups is 1. The van der Waals surface area contributed by atoms with Gasteiger partial charge in [0.1, 0.15) is 0 Å². The van der Waals surface area contributed by atoms with Crippen molar-refractivity contribution in [2.75, 3.05) is 25.0 Å². The van der Waals surface area contributed by atoms with E-state index in [4.69, 9.17) is 0 Å². The highest BCUT2D eigenvalue weighted by Gasteiger charge is 2.28. The van der Waals surface area contributed by atoms with E-state index in [-0.39, 0.29) is 23.3 Å². The topological polar surface area (TPSA) is 78.5 Å². The summed E-state index contributed by atoms with van der Waals surface area (Å²) in [4.78, 5) is 13.4. The minimum atomic E-state index is -3.50. The molecule has 1 aromatic rings. The Morgan fingerprint density at radius 3 is 2.74 bits per heavy atom. The average molecular weight is 281 g/mol. The third-order valence-electron chi connectivity index (χ3n) is 3.54. The van der Waals surface area contributed by atoms with Crippen LogP contribution in [-0.2, 0) is 21.2 Å². The SMILES string of the molecule is CN1C(=O)Cc2cc(S(=O)(=O)NC3CNC3)ccc21. The van der Waals surface area contributed by atoms with Gasteiger partial charge in [-0.15, -0.1) is 0 Å². The van der Waals surface area contributed by atoms with Crippen molar-refractivity contribution >= 4 is 21.6 Å². The summed E-state index contributed by atoms with van der Waals surface area (Å²) in [6.45, 7) is 1.32. The van der Waals surface area contributed by atoms with Gasteiger partial charge in [0.2, 0.25) is 15.9 Å². The van der Waals surface area contributed by atoms with Crippen molar-refractivity contribution in [3.8, 4) is 0 Å². The zero-order valence-electron chi connectivity index (χ0n) is 10.5. The Morgan fingerprint density at radius 2 is 2.11 bits per heavy atom. The molecular formula is C12H15N3O3S. The van der Waals surface area contributed by atoms with Crippen LogP contribution in [0.15, 0.2) is 23.1 Å². The van der Waals surface area contributed by atoms with Crippen LogP contribution in [0.2, 0.25) is 0 Å². The summed E-state index contributed by atoms with van der Waals surface area (Å²) in [6.07, 6.45) is 0.264. The molecule has 0 aromatic heterocycles. The van der Waals surface area contributed by atoms with E-state index in [1.54, 1.807) is 30.1 Å². The minimum Gasteiger partial charge on any atom is -0.315 e. The molecule has 1 saturated heterocycles. The van der Waals surface area contributed by atoms with Crippen molar-refractivity contribution in [2.24, 2.45) is 0 Å². The first-order chi connectivity index (χ1) is 8.97. The fraction of sp³-hybridized carbons (Fsp3) is 0.417. The lowest BCUT2D eigenvalue weighted by atomic mass is 10.2. The summed E-state index contributed by atoms with van der Waals surface area (Å²) >= 11 is 0. The number of amides is 1. The van der Waals surface area contributed by atoms with Crippen LogP contribution in [0, 0.1) is 0 Å². The summed E-state index contributed by atoms with van der Waals surface area (Å²) in [5.41, 5.74) is 1.55. The van der Waals surface area contributed by atoms with E-state index >= 15 is 0 Å². The normalized spacial score (nSPS) is 19.4. The van der Waals surface area contributed by atoms with Crippen LogP contribution in [-0.4, -0.2) is 40.5 Å². The number of sulfonamides is 1. The molecule has 1 amide bonds. The Kier molecular flexibility index (Phi) is 2.84. The lowest BCUT2D eigenvalue weighted by Crippen LogP contribution is -2.56. The Labute approximate surface area is 111 Å². The van der Waals surface area contributed by atoms with Crippen LogP contribution in [0.3, 0.4) is 0 Å². The second-order valence-electron chi connectivity index (χ2n) is 4.90. The monoisotopic (exact) mass is 281 g/mol. The second-order valence-corrected chi connectivity index (χ2v) is 6.61. The van der Waals surface area contributed by atoms with E-state index in [1.165, 1.54) is 0 Å². The highest BCUT2D eigenvalue weighted by Crippen LogP contribution is 2.29. The molecule has 1 aromatic carbocycles. The van der Waals surface area contributed by atoms with E-state index in [0.29, 0.717) is 13.1 Å². The van der Waals surface area contributed by atoms with Crippen molar-refractivity contribution in [1.82, 2.24) is 10.0 Å². The molecule has 3 rings (SSSR count). The average Bonchev–Trinajstić information content (AvgIpc) is 2.60. The zero-order chi connectivity index (χ0) is 13.6. The molecule has 2 heterocycles. The third-order valence-corrected chi connectivity index (χ3v) is 5.06. The Morgan fingerprint density at radius 1 is 1.37 bits per heavy atom. The van der Waals surface area contributed by atoms with Gasteiger partial charge in [-0.2, -0.15) is 0 Å². The van der Waals surface area contributed by atoms with Crippen molar-refractivity contribution in [2.45, 2.75) is 17.4 Å². The lowest BCUT2D eigenvalue weighted by molar-refractivity contribution is -0.117. The van der Waals surface area contributed by atoms with Gasteiger partial charge in [0.05, 0.1) is 11.3 Å². The number of nitrogens with zero attached hydrogens (tertiary/aromatic N) is 1. The zero-order valence-corrected chi connectivity index (χ0v) is 11.3. The smallest absolute Gasteiger partial charge is 0.240 e. The summed E-state index contributed by atoms with van der Waals surface area (Å²) in [7, 11) is -1.80. The Hall–Kier alpha value is -1.44. The second kappa shape index (κ2) is 4.29. The standard InChI is InChI=1S/C12H15N3O3S/c1-15-11-3-2-10(4-8(11)5-12(15)16)19(17,18)14-9-6-13-7-9/h2-4,9,13-14H,5-7H2,1H3. The Bertz CT molecular complexity index is 638. The predicted octanol–water partition coefficient (Wildman–Crippen LogP) is -0.544. The number of fused-ring (bicyclic) bond motifs is 1. The number of rotatable bonds is 3. The fourth-order valence-corrected chi connectivity index (χ4v) is 3.56. The molecule has 6 nitrogen and oxygen atoms in total. The first kappa shape index (κ1) is 12.6. The molecule has 0 bridgehead atoms. The summed E-state index contributed by atoms with van der Waals surface area (Å²) < 4.78 is 27.0. The molecule has 2 aliphatic heterocycles. The number of benzene rings is 1. The molecule has 7 heteroatoms. The van der Waals surface area contributed by atoms with Gasteiger partial charge in [0, 0.05) is 31.9 Å². The van der Waals surface area contributed by atoms with Crippen molar-refractivity contribution in [1.29, 1.82) is 0 Å². The Balaban J connectivity index is 1.90. The molecule has 0 unspecified atom stereocenters. The van der Waals surface area contributed by atoms with Crippen LogP contribution in [0.5, 0.6) is 0 Å². The quantitative estimate of drug-likeness (QED) is 0.779. The molecule has 2 aliphatic rings. The van der Waals surface area contributed by atoms with Gasteiger partial charge in [-0.25, -0.2) is 13.1 Å². The molecule has 0 atom stereocenters. The summed E-state index contributed by atoms with van der Waals surface area (Å²) in [5, 5.41) is 3.01. The fourth-order valence-electron chi connectivity index (χ4n) is 2.27. The maximum absolute atomic E-state index is 12.2. The number of hydrogen-bond acceptors (Lipinski definition) is 4. The van der Waals surface area contributed by atoms with E-state index < -0.39 is 10.0 Å². The van der Waals surface area contributed by atoms with E-state index in [0.717, 1.165) is 11.3 Å². The van der Waals surface area contributed by atoms with Crippen LogP contribution < -0.4 is 14.9 Å². The number of hydrogen-bond donors (Lipinski definition) is 2. The number of anilines is 1. The van der Waals surface area contributed by atoms with E-state index in [2.05, 4.69) is 10.0 Å². The first-order valence-electron chi connectivity index (χ1n) is 6.10. The van der Waals surface area contributed by atoms with Crippen LogP contribution in [0.1, 0.15) is 5.56 Å². The summed E-state index contributed by atoms with van der Waals surface area (Å²) in [6, 6.07) is 4.78. The molecule has 19 heavy (non-hydrogen) atoms. The number of nitrogens with one attached hydrogen (secondary N) is 2. The van der Waals surface area contributed by atoms with Gasteiger partial charge in [-0.1, -0.05) is 0 Å². The largest absolute Gasteiger partial charge is 0.315 e. The number of likely N-dealkylation sites (N-methyl/N-ethyl adjacent to an activating group) is 1. The van der Waals surface area contributed by atoms with Crippen molar-refractivity contribution in [3.05, 3.63) is 23.8 Å². The van der Waals surface area contributed by atoms with Crippen LogP contribution in [0.25, 0.3) is 0 Å². The molecule has 102 valence electrons. The molecule has 0 saturated carbocycles. The molecule has 2 N–H and O–H groups in total. The highest BCUT2D eigenvalue weighted by atomic mass is 32.2. The van der Waals surface area contributed by atoms with Crippen LogP contribution >= 0.6 is 0 Å². The molecule has 1 fully saturated rings. The minimum absolute atomic E-state index is 0.0132. The van der Waals surface area contributed by atoms with Gasteiger partial charge in [0.15, 0.2) is 0 Å². The molecule has 0 spiro atoms. The predicted molar refractivity (Wildman–Crippen MR) is 70.5 cm³/mol. The first-order valence-corrected chi connectivity index (χ1v) is 7.58. The maximum atomic E-state index is 12.2. The molecule has 0 radical (unpaired) electrons. The van der Waals surface area contributed by atoms with Gasteiger partial charge in [0.25, 0.3) is 0 Å². The van der Waals surface area contributed by atoms with Gasteiger partial charge < -0.3 is 10.2 Å². The van der Waals surface area contributed by atoms with Crippen LogP contribution in [0.4, 0.5) is 5.69 Å². The number of carbonyl (C=O) groups excluding carboxylic acids is 1. The van der Waals surface area contributed by atoms with Gasteiger partial charge in [-0.3, -0.25) is 4.79 Å². The third kappa shape index (κ3) is 2.13. The summed E-state index contributed by atoms with van der Waals surface area (Å²) in [5.74, 6) is -0.0132. The lowest BCUT2D eigenvalue weighted by Gasteiger charge is -2.27. The van der Waals surface area contributed by atoms with E-state index in [1.807, 2.05) is 0 Å². The van der Waals surface area contributed by atoms with Gasteiger partial charge in [-0.05, 0) is 23.8 Å². The molecule has 0 aliphatic carbocycles. The van der Waals surface area contributed by atoms with E-state index in [9.17, 15) is 13.2 Å². The highest BCUT2D eigenvalue weighted by molar-refractivity contribution is 7.89. The van der Waals surface area contributed by atoms with Crippen molar-refractivity contribution in [3.63, 3.8) is 0 Å². The maximum Gasteiger partial charge on any atom is 0.240 e. The van der Waals surface area contributed by atoms with Crippen molar-refractivity contribution < 1.29 is 13.2 Å². The van der Waals surface area contributed by atoms with Gasteiger partial charge >= 0.3 is 0 Å².